The summed E-state index contributed by atoms with van der Waals surface area (Å²) in [6.45, 7) is 10.1. The van der Waals surface area contributed by atoms with Gasteiger partial charge >= 0.3 is 6.09 Å². The van der Waals surface area contributed by atoms with Gasteiger partial charge in [-0.1, -0.05) is 41.0 Å². The van der Waals surface area contributed by atoms with E-state index < -0.39 is 12.1 Å². The molecule has 8 nitrogen and oxygen atoms in total. The maximum Gasteiger partial charge on any atom is 0.407 e. The third-order valence-electron chi connectivity index (χ3n) is 3.53. The predicted octanol–water partition coefficient (Wildman–Crippen LogP) is 3.82. The van der Waals surface area contributed by atoms with Gasteiger partial charge in [0.2, 0.25) is 11.8 Å². The number of alkyl carbamates (subject to hydrolysis) is 1. The van der Waals surface area contributed by atoms with Crippen LogP contribution in [0.4, 0.5) is 10.6 Å². The molecule has 0 spiro atoms. The van der Waals surface area contributed by atoms with Gasteiger partial charge in [-0.15, -0.1) is 0 Å². The molecule has 0 bridgehead atoms. The molecule has 2 N–H and O–H groups in total. The number of nitrogens with zero attached hydrogens (tertiary/aromatic N) is 2. The van der Waals surface area contributed by atoms with Gasteiger partial charge in [0.1, 0.15) is 11.9 Å². The van der Waals surface area contributed by atoms with Gasteiger partial charge < -0.3 is 20.3 Å². The molecule has 0 aromatic carbocycles. The SMILES string of the molecule is CCC.CCCN(CC(=O)Nc1ccc(Br)cn1)C(=O)[C@@H](NC(=O)OC)C(C)C. The number of anilines is 1. The molecule has 0 radical (unpaired) electrons. The van der Waals surface area contributed by atoms with Gasteiger partial charge in [-0.3, -0.25) is 9.59 Å². The summed E-state index contributed by atoms with van der Waals surface area (Å²) in [7, 11) is 1.24. The second-order valence-electron chi connectivity index (χ2n) is 6.73. The van der Waals surface area contributed by atoms with Crippen molar-refractivity contribution in [1.82, 2.24) is 15.2 Å². The van der Waals surface area contributed by atoms with Crippen molar-refractivity contribution in [2.75, 3.05) is 25.5 Å². The predicted molar refractivity (Wildman–Crippen MR) is 118 cm³/mol. The number of rotatable bonds is 8. The molecule has 0 aliphatic heterocycles. The summed E-state index contributed by atoms with van der Waals surface area (Å²) in [6.07, 6.45) is 2.81. The average Bonchev–Trinajstić information content (AvgIpc) is 2.67. The van der Waals surface area contributed by atoms with Crippen LogP contribution in [0.25, 0.3) is 0 Å². The molecule has 9 heteroatoms. The fourth-order valence-electron chi connectivity index (χ4n) is 2.24. The zero-order chi connectivity index (χ0) is 22.4. The third kappa shape index (κ3) is 10.8. The number of pyridine rings is 1. The van der Waals surface area contributed by atoms with Crippen LogP contribution in [0.3, 0.4) is 0 Å². The van der Waals surface area contributed by atoms with Crippen LogP contribution < -0.4 is 10.6 Å². The lowest BCUT2D eigenvalue weighted by atomic mass is 10.0. The average molecular weight is 473 g/mol. The highest BCUT2D eigenvalue weighted by Gasteiger charge is 2.29. The maximum atomic E-state index is 12.8. The quantitative estimate of drug-likeness (QED) is 0.598. The van der Waals surface area contributed by atoms with E-state index in [0.29, 0.717) is 18.8 Å². The molecule has 1 rings (SSSR count). The molecule has 1 aromatic heterocycles. The first kappa shape index (κ1) is 26.8. The van der Waals surface area contributed by atoms with E-state index in [-0.39, 0.29) is 24.3 Å². The van der Waals surface area contributed by atoms with E-state index in [1.807, 2.05) is 20.8 Å². The van der Waals surface area contributed by atoms with Crippen molar-refractivity contribution in [1.29, 1.82) is 0 Å². The summed E-state index contributed by atoms with van der Waals surface area (Å²) in [5.41, 5.74) is 0. The second-order valence-corrected chi connectivity index (χ2v) is 7.65. The fourth-order valence-corrected chi connectivity index (χ4v) is 2.47. The van der Waals surface area contributed by atoms with E-state index in [1.165, 1.54) is 18.4 Å². The van der Waals surface area contributed by atoms with Crippen molar-refractivity contribution < 1.29 is 19.1 Å². The summed E-state index contributed by atoms with van der Waals surface area (Å²) in [6, 6.07) is 2.64. The number of methoxy groups -OCH3 is 1. The lowest BCUT2D eigenvalue weighted by molar-refractivity contribution is -0.137. The zero-order valence-electron chi connectivity index (χ0n) is 18.1. The Bertz CT molecular complexity index is 638. The summed E-state index contributed by atoms with van der Waals surface area (Å²) in [5, 5.41) is 5.19. The van der Waals surface area contributed by atoms with E-state index in [2.05, 4.69) is 50.1 Å². The monoisotopic (exact) mass is 472 g/mol. The lowest BCUT2D eigenvalue weighted by Crippen LogP contribution is -2.52. The minimum atomic E-state index is -0.771. The third-order valence-corrected chi connectivity index (χ3v) is 4.00. The largest absolute Gasteiger partial charge is 0.453 e. The van der Waals surface area contributed by atoms with Gasteiger partial charge in [-0.05, 0) is 40.4 Å². The molecule has 29 heavy (non-hydrogen) atoms. The standard InChI is InChI=1S/C17H25BrN4O4.C3H8/c1-5-8-22(16(24)15(11(2)3)21-17(25)26-4)10-14(23)20-13-7-6-12(18)9-19-13;1-3-2/h6-7,9,11,15H,5,8,10H2,1-4H3,(H,21,25)(H,19,20,23);3H2,1-2H3/t15-;/m0./s1. The Labute approximate surface area is 181 Å². The maximum absolute atomic E-state index is 12.8. The highest BCUT2D eigenvalue weighted by atomic mass is 79.9. The molecule has 0 fully saturated rings. The van der Waals surface area contributed by atoms with Crippen LogP contribution >= 0.6 is 15.9 Å². The summed E-state index contributed by atoms with van der Waals surface area (Å²) >= 11 is 3.27. The highest BCUT2D eigenvalue weighted by Crippen LogP contribution is 2.11. The van der Waals surface area contributed by atoms with Gasteiger partial charge in [0, 0.05) is 17.2 Å². The number of carbonyl (C=O) groups is 3. The van der Waals surface area contributed by atoms with Crippen LogP contribution in [0.2, 0.25) is 0 Å². The van der Waals surface area contributed by atoms with Crippen molar-refractivity contribution in [2.45, 2.75) is 53.5 Å². The normalized spacial score (nSPS) is 11.0. The van der Waals surface area contributed by atoms with E-state index in [4.69, 9.17) is 0 Å². The molecule has 3 amide bonds. The molecule has 0 unspecified atom stereocenters. The van der Waals surface area contributed by atoms with Gasteiger partial charge in [0.25, 0.3) is 0 Å². The van der Waals surface area contributed by atoms with E-state index in [9.17, 15) is 14.4 Å². The number of carbonyl (C=O) groups excluding carboxylic acids is 3. The van der Waals surface area contributed by atoms with Crippen LogP contribution in [-0.2, 0) is 14.3 Å². The van der Waals surface area contributed by atoms with Gasteiger partial charge in [-0.25, -0.2) is 9.78 Å². The zero-order valence-corrected chi connectivity index (χ0v) is 19.7. The Balaban J connectivity index is 0.00000245. The Morgan fingerprint density at radius 2 is 1.83 bits per heavy atom. The van der Waals surface area contributed by atoms with Gasteiger partial charge in [-0.2, -0.15) is 0 Å². The van der Waals surface area contributed by atoms with Crippen molar-refractivity contribution >= 4 is 39.7 Å². The van der Waals surface area contributed by atoms with Crippen LogP contribution in [0.15, 0.2) is 22.8 Å². The van der Waals surface area contributed by atoms with Crippen LogP contribution in [-0.4, -0.2) is 54.0 Å². The topological polar surface area (TPSA) is 101 Å². The molecule has 1 aromatic rings. The molecule has 1 atom stereocenters. The van der Waals surface area contributed by atoms with Crippen LogP contribution in [0.1, 0.15) is 47.5 Å². The van der Waals surface area contributed by atoms with E-state index in [1.54, 1.807) is 18.3 Å². The Kier molecular flexibility index (Phi) is 13.7. The second kappa shape index (κ2) is 14.8. The Morgan fingerprint density at radius 3 is 2.28 bits per heavy atom. The molecule has 0 aliphatic rings. The summed E-state index contributed by atoms with van der Waals surface area (Å²) in [4.78, 5) is 42.1. The molecular formula is C20H33BrN4O4. The number of hydrogen-bond acceptors (Lipinski definition) is 5. The number of aromatic nitrogens is 1. The smallest absolute Gasteiger partial charge is 0.407 e. The van der Waals surface area contributed by atoms with Crippen molar-refractivity contribution in [2.24, 2.45) is 5.92 Å². The number of hydrogen-bond donors (Lipinski definition) is 2. The first-order valence-electron chi connectivity index (χ1n) is 9.74. The summed E-state index contributed by atoms with van der Waals surface area (Å²) < 4.78 is 5.38. The Hall–Kier alpha value is -2.16. The van der Waals surface area contributed by atoms with Crippen molar-refractivity contribution in [3.05, 3.63) is 22.8 Å². The minimum Gasteiger partial charge on any atom is -0.453 e. The van der Waals surface area contributed by atoms with Crippen molar-refractivity contribution in [3.8, 4) is 0 Å². The lowest BCUT2D eigenvalue weighted by Gasteiger charge is -2.28. The van der Waals surface area contributed by atoms with Crippen LogP contribution in [0.5, 0.6) is 0 Å². The number of nitrogens with one attached hydrogen (secondary N) is 2. The molecular weight excluding hydrogens is 440 g/mol. The number of ether oxygens (including phenoxy) is 1. The number of amides is 3. The molecule has 1 heterocycles. The van der Waals surface area contributed by atoms with Gasteiger partial charge in [0.05, 0.1) is 13.7 Å². The van der Waals surface area contributed by atoms with Gasteiger partial charge in [0.15, 0.2) is 0 Å². The Morgan fingerprint density at radius 1 is 1.21 bits per heavy atom. The molecule has 0 aliphatic carbocycles. The van der Waals surface area contributed by atoms with E-state index >= 15 is 0 Å². The number of halogens is 1. The molecule has 0 saturated carbocycles. The fraction of sp³-hybridized carbons (Fsp3) is 0.600. The highest BCUT2D eigenvalue weighted by molar-refractivity contribution is 9.10. The van der Waals surface area contributed by atoms with E-state index in [0.717, 1.165) is 4.47 Å². The first-order valence-corrected chi connectivity index (χ1v) is 10.5. The molecule has 164 valence electrons. The molecule has 0 saturated heterocycles. The van der Waals surface area contributed by atoms with Crippen molar-refractivity contribution in [3.63, 3.8) is 0 Å². The minimum absolute atomic E-state index is 0.128. The summed E-state index contributed by atoms with van der Waals surface area (Å²) in [5.74, 6) is -0.444. The first-order chi connectivity index (χ1) is 13.7. The van der Waals surface area contributed by atoms with Crippen LogP contribution in [0, 0.1) is 5.92 Å².